The van der Waals surface area contributed by atoms with Crippen LogP contribution in [0.3, 0.4) is 0 Å². The van der Waals surface area contributed by atoms with E-state index in [1.54, 1.807) is 11.3 Å². The lowest BCUT2D eigenvalue weighted by Crippen LogP contribution is -2.19. The monoisotopic (exact) mass is 261 g/mol. The molecule has 0 aromatic carbocycles. The Kier molecular flexibility index (Phi) is 2.63. The van der Waals surface area contributed by atoms with Gasteiger partial charge in [0.25, 0.3) is 0 Å². The van der Waals surface area contributed by atoms with Gasteiger partial charge in [0.1, 0.15) is 0 Å². The molecule has 0 bridgehead atoms. The van der Waals surface area contributed by atoms with Crippen LogP contribution in [0.1, 0.15) is 10.7 Å². The maximum atomic E-state index is 4.43. The van der Waals surface area contributed by atoms with Crippen molar-refractivity contribution in [2.24, 2.45) is 0 Å². The highest BCUT2D eigenvalue weighted by Crippen LogP contribution is 2.14. The summed E-state index contributed by atoms with van der Waals surface area (Å²) in [6.45, 7) is 2.71. The molecule has 3 aromatic heterocycles. The first-order chi connectivity index (χ1) is 8.72. The van der Waals surface area contributed by atoms with Gasteiger partial charge in [0.05, 0.1) is 17.2 Å². The van der Waals surface area contributed by atoms with Gasteiger partial charge in [-0.05, 0) is 29.5 Å². The molecule has 0 aliphatic rings. The molecule has 0 N–H and O–H groups in total. The van der Waals surface area contributed by atoms with E-state index >= 15 is 0 Å². The largest absolute Gasteiger partial charge is 0.352 e. The van der Waals surface area contributed by atoms with E-state index < -0.39 is 0 Å². The standard InChI is InChI=1S/C10H11N7S/c1-7-11-8(6-18-7)5-16(2)10-4-3-9-12-14-15-17(9)13-10/h3-4,6H,5H2,1-2H3. The third kappa shape index (κ3) is 2.02. The van der Waals surface area contributed by atoms with E-state index in [0.29, 0.717) is 12.2 Å². The van der Waals surface area contributed by atoms with Crippen molar-refractivity contribution in [3.63, 3.8) is 0 Å². The van der Waals surface area contributed by atoms with Crippen molar-refractivity contribution < 1.29 is 0 Å². The molecule has 0 spiro atoms. The van der Waals surface area contributed by atoms with Crippen LogP contribution in [0, 0.1) is 6.92 Å². The van der Waals surface area contributed by atoms with Crippen LogP contribution in [-0.2, 0) is 6.54 Å². The summed E-state index contributed by atoms with van der Waals surface area (Å²) in [5.41, 5.74) is 1.68. The Labute approximate surface area is 107 Å². The van der Waals surface area contributed by atoms with Gasteiger partial charge in [0.15, 0.2) is 11.5 Å². The zero-order chi connectivity index (χ0) is 12.5. The molecular weight excluding hydrogens is 250 g/mol. The molecule has 0 unspecified atom stereocenters. The van der Waals surface area contributed by atoms with Crippen LogP contribution in [0.15, 0.2) is 17.5 Å². The number of aromatic nitrogens is 6. The molecule has 3 aromatic rings. The second kappa shape index (κ2) is 4.30. The van der Waals surface area contributed by atoms with Crippen molar-refractivity contribution in [2.45, 2.75) is 13.5 Å². The number of fused-ring (bicyclic) bond motifs is 1. The second-order valence-corrected chi connectivity index (χ2v) is 4.99. The highest BCUT2D eigenvalue weighted by molar-refractivity contribution is 7.09. The van der Waals surface area contributed by atoms with Crippen molar-refractivity contribution in [2.75, 3.05) is 11.9 Å². The minimum absolute atomic E-state index is 0.636. The summed E-state index contributed by atoms with van der Waals surface area (Å²) in [7, 11) is 1.97. The Balaban J connectivity index is 1.84. The van der Waals surface area contributed by atoms with E-state index in [1.807, 2.05) is 31.0 Å². The van der Waals surface area contributed by atoms with Crippen LogP contribution in [0.2, 0.25) is 0 Å². The van der Waals surface area contributed by atoms with Gasteiger partial charge in [-0.2, -0.15) is 0 Å². The Hall–Kier alpha value is -2.09. The lowest BCUT2D eigenvalue weighted by atomic mass is 10.4. The van der Waals surface area contributed by atoms with Gasteiger partial charge in [-0.25, -0.2) is 4.98 Å². The third-order valence-electron chi connectivity index (χ3n) is 2.51. The number of aryl methyl sites for hydroxylation is 1. The summed E-state index contributed by atoms with van der Waals surface area (Å²) < 4.78 is 1.41. The van der Waals surface area contributed by atoms with E-state index in [0.717, 1.165) is 16.5 Å². The predicted molar refractivity (Wildman–Crippen MR) is 67.5 cm³/mol. The van der Waals surface area contributed by atoms with E-state index in [4.69, 9.17) is 0 Å². The zero-order valence-corrected chi connectivity index (χ0v) is 10.8. The fraction of sp³-hybridized carbons (Fsp3) is 0.300. The van der Waals surface area contributed by atoms with E-state index in [1.165, 1.54) is 4.63 Å². The highest BCUT2D eigenvalue weighted by Gasteiger charge is 2.08. The summed E-state index contributed by atoms with van der Waals surface area (Å²) in [6, 6.07) is 3.73. The van der Waals surface area contributed by atoms with Gasteiger partial charge in [-0.1, -0.05) is 0 Å². The van der Waals surface area contributed by atoms with Crippen LogP contribution in [0.25, 0.3) is 5.65 Å². The fourth-order valence-electron chi connectivity index (χ4n) is 1.65. The number of anilines is 1. The first kappa shape index (κ1) is 11.0. The molecular formula is C10H11N7S. The zero-order valence-electron chi connectivity index (χ0n) is 9.98. The molecule has 3 heterocycles. The average molecular weight is 261 g/mol. The summed E-state index contributed by atoms with van der Waals surface area (Å²) in [6.07, 6.45) is 0. The molecule has 0 radical (unpaired) electrons. The Bertz CT molecular complexity index is 673. The summed E-state index contributed by atoms with van der Waals surface area (Å²) in [4.78, 5) is 6.44. The SMILES string of the molecule is Cc1nc(CN(C)c2ccc3nnnn3n2)cs1. The first-order valence-electron chi connectivity index (χ1n) is 5.40. The van der Waals surface area contributed by atoms with E-state index in [2.05, 4.69) is 31.0 Å². The first-order valence-corrected chi connectivity index (χ1v) is 6.28. The molecule has 18 heavy (non-hydrogen) atoms. The van der Waals surface area contributed by atoms with Gasteiger partial charge in [-0.3, -0.25) is 0 Å². The van der Waals surface area contributed by atoms with Crippen LogP contribution in [-0.4, -0.2) is 37.3 Å². The van der Waals surface area contributed by atoms with E-state index in [-0.39, 0.29) is 0 Å². The van der Waals surface area contributed by atoms with Crippen molar-refractivity contribution >= 4 is 22.8 Å². The molecule has 0 aliphatic heterocycles. The Morgan fingerprint density at radius 1 is 1.39 bits per heavy atom. The van der Waals surface area contributed by atoms with Gasteiger partial charge >= 0.3 is 0 Å². The lowest BCUT2D eigenvalue weighted by molar-refractivity contribution is 0.718. The second-order valence-electron chi connectivity index (χ2n) is 3.93. The minimum atomic E-state index is 0.636. The number of hydrogen-bond donors (Lipinski definition) is 0. The highest BCUT2D eigenvalue weighted by atomic mass is 32.1. The maximum absolute atomic E-state index is 4.43. The molecule has 0 fully saturated rings. The van der Waals surface area contributed by atoms with E-state index in [9.17, 15) is 0 Å². The molecule has 8 heteroatoms. The number of rotatable bonds is 3. The number of thiazole rings is 1. The smallest absolute Gasteiger partial charge is 0.200 e. The number of hydrogen-bond acceptors (Lipinski definition) is 7. The van der Waals surface area contributed by atoms with Gasteiger partial charge in [0, 0.05) is 12.4 Å². The van der Waals surface area contributed by atoms with Gasteiger partial charge < -0.3 is 4.90 Å². The predicted octanol–water partition coefficient (Wildman–Crippen LogP) is 0.921. The molecule has 0 saturated heterocycles. The normalized spacial score (nSPS) is 11.0. The average Bonchev–Trinajstić information content (AvgIpc) is 2.96. The van der Waals surface area contributed by atoms with Crippen molar-refractivity contribution in [1.29, 1.82) is 0 Å². The third-order valence-corrected chi connectivity index (χ3v) is 3.33. The maximum Gasteiger partial charge on any atom is 0.200 e. The van der Waals surface area contributed by atoms with Crippen molar-refractivity contribution in [3.8, 4) is 0 Å². The summed E-state index contributed by atoms with van der Waals surface area (Å²) in [5, 5.41) is 18.6. The summed E-state index contributed by atoms with van der Waals surface area (Å²) >= 11 is 1.65. The van der Waals surface area contributed by atoms with Crippen LogP contribution in [0.5, 0.6) is 0 Å². The summed E-state index contributed by atoms with van der Waals surface area (Å²) in [5.74, 6) is 0.806. The number of nitrogens with zero attached hydrogens (tertiary/aromatic N) is 7. The molecule has 92 valence electrons. The fourth-order valence-corrected chi connectivity index (χ4v) is 2.25. The van der Waals surface area contributed by atoms with Gasteiger partial charge in [-0.15, -0.1) is 26.2 Å². The van der Waals surface area contributed by atoms with Crippen LogP contribution < -0.4 is 4.90 Å². The Morgan fingerprint density at radius 2 is 2.28 bits per heavy atom. The quantitative estimate of drug-likeness (QED) is 0.698. The van der Waals surface area contributed by atoms with Crippen LogP contribution >= 0.6 is 11.3 Å². The molecule has 0 saturated carbocycles. The molecule has 0 atom stereocenters. The topological polar surface area (TPSA) is 72.1 Å². The van der Waals surface area contributed by atoms with Crippen molar-refractivity contribution in [3.05, 3.63) is 28.2 Å². The minimum Gasteiger partial charge on any atom is -0.352 e. The molecule has 3 rings (SSSR count). The van der Waals surface area contributed by atoms with Crippen molar-refractivity contribution in [1.82, 2.24) is 30.2 Å². The number of tetrazole rings is 1. The lowest BCUT2D eigenvalue weighted by Gasteiger charge is -2.15. The van der Waals surface area contributed by atoms with Gasteiger partial charge in [0.2, 0.25) is 0 Å². The molecule has 0 amide bonds. The molecule has 7 nitrogen and oxygen atoms in total. The van der Waals surface area contributed by atoms with Crippen LogP contribution in [0.4, 0.5) is 5.82 Å². The molecule has 0 aliphatic carbocycles. The Morgan fingerprint density at radius 3 is 3.06 bits per heavy atom.